The van der Waals surface area contributed by atoms with Gasteiger partial charge in [0.25, 0.3) is 11.6 Å². The molecule has 0 spiro atoms. The molecule has 0 unspecified atom stereocenters. The van der Waals surface area contributed by atoms with E-state index in [0.29, 0.717) is 0 Å². The Morgan fingerprint density at radius 1 is 0.703 bits per heavy atom. The van der Waals surface area contributed by atoms with Gasteiger partial charge in [0.2, 0.25) is 0 Å². The van der Waals surface area contributed by atoms with Gasteiger partial charge in [-0.05, 0) is 23.0 Å². The summed E-state index contributed by atoms with van der Waals surface area (Å²) in [6.45, 7) is 6.57. The summed E-state index contributed by atoms with van der Waals surface area (Å²) >= 11 is 0. The lowest BCUT2D eigenvalue weighted by molar-refractivity contribution is -0.127. The fraction of sp³-hybridized carbons (Fsp3) is 0.370. The molecule has 2 N–H and O–H groups in total. The molecule has 196 valence electrons. The van der Waals surface area contributed by atoms with Crippen molar-refractivity contribution in [1.29, 1.82) is 0 Å². The maximum absolute atomic E-state index is 13.2. The molecule has 2 rings (SSSR count). The highest BCUT2D eigenvalue weighted by Crippen LogP contribution is 2.11. The third-order valence-electron chi connectivity index (χ3n) is 5.44. The Hall–Kier alpha value is -4.30. The highest BCUT2D eigenvalue weighted by molar-refractivity contribution is 6.66. The van der Waals surface area contributed by atoms with Crippen LogP contribution in [0, 0.1) is 11.8 Å². The van der Waals surface area contributed by atoms with Gasteiger partial charge < -0.3 is 25.6 Å². The Morgan fingerprint density at radius 3 is 1.35 bits per heavy atom. The minimum atomic E-state index is -1.21. The Balaban J connectivity index is 2.06. The first kappa shape index (κ1) is 28.9. The van der Waals surface area contributed by atoms with Crippen molar-refractivity contribution in [2.75, 3.05) is 0 Å². The summed E-state index contributed by atoms with van der Waals surface area (Å²) in [5.74, 6) is -2.77. The van der Waals surface area contributed by atoms with E-state index in [1.807, 2.05) is 12.1 Å². The first-order chi connectivity index (χ1) is 17.6. The zero-order valence-electron chi connectivity index (χ0n) is 21.3. The number of amides is 2. The van der Waals surface area contributed by atoms with Crippen LogP contribution >= 0.6 is 0 Å². The Labute approximate surface area is 216 Å². The second-order valence-electron chi connectivity index (χ2n) is 9.03. The Morgan fingerprint density at radius 2 is 1.05 bits per heavy atom. The van der Waals surface area contributed by atoms with E-state index < -0.39 is 53.4 Å². The monoisotopic (exact) mass is 508 g/mol. The van der Waals surface area contributed by atoms with Crippen molar-refractivity contribution in [2.45, 2.75) is 53.0 Å². The zero-order chi connectivity index (χ0) is 27.4. The summed E-state index contributed by atoms with van der Waals surface area (Å²) in [7, 11) is 0. The number of Topliss-reactive ketones (excluding diaryl/α,β-unsaturated/α-hetero) is 2. The molecule has 0 saturated heterocycles. The fourth-order valence-electron chi connectivity index (χ4n) is 3.37. The van der Waals surface area contributed by atoms with Gasteiger partial charge in [-0.15, -0.1) is 0 Å². The summed E-state index contributed by atoms with van der Waals surface area (Å²) in [6.07, 6.45) is -1.74. The first-order valence-corrected chi connectivity index (χ1v) is 11.9. The number of nitrogens with zero attached hydrogens (tertiary/aromatic N) is 2. The zero-order valence-corrected chi connectivity index (χ0v) is 21.3. The van der Waals surface area contributed by atoms with Gasteiger partial charge in [0.15, 0.2) is 0 Å². The van der Waals surface area contributed by atoms with Crippen LogP contribution in [0.15, 0.2) is 60.7 Å². The number of ketones is 2. The van der Waals surface area contributed by atoms with E-state index in [1.54, 1.807) is 76.2 Å². The van der Waals surface area contributed by atoms with Gasteiger partial charge in [-0.25, -0.2) is 9.59 Å². The van der Waals surface area contributed by atoms with E-state index in [2.05, 4.69) is 15.4 Å². The minimum Gasteiger partial charge on any atom is -0.445 e. The first-order valence-electron chi connectivity index (χ1n) is 11.9. The van der Waals surface area contributed by atoms with Crippen LogP contribution in [0.1, 0.15) is 38.8 Å². The molecule has 2 amide bonds. The molecule has 0 aliphatic rings. The molecule has 0 bridgehead atoms. The molecule has 0 heterocycles. The molecule has 0 aliphatic carbocycles. The van der Waals surface area contributed by atoms with Crippen molar-refractivity contribution in [1.82, 2.24) is 10.6 Å². The second-order valence-corrected chi connectivity index (χ2v) is 9.03. The predicted molar refractivity (Wildman–Crippen MR) is 135 cm³/mol. The fourth-order valence-corrected chi connectivity index (χ4v) is 3.37. The number of ether oxygens (including phenoxy) is 2. The van der Waals surface area contributed by atoms with Gasteiger partial charge in [0.05, 0.1) is 0 Å². The topological polar surface area (TPSA) is 147 Å². The maximum atomic E-state index is 13.2. The smallest absolute Gasteiger partial charge is 0.408 e. The number of alkyl carbamates (subject to hydrolysis) is 2. The van der Waals surface area contributed by atoms with Crippen molar-refractivity contribution < 1.29 is 33.4 Å². The lowest BCUT2D eigenvalue weighted by Crippen LogP contribution is -2.54. The van der Waals surface area contributed by atoms with Crippen molar-refractivity contribution >= 4 is 29.5 Å². The van der Waals surface area contributed by atoms with Crippen LogP contribution < -0.4 is 10.6 Å². The van der Waals surface area contributed by atoms with Crippen molar-refractivity contribution in [2.24, 2.45) is 11.8 Å². The second kappa shape index (κ2) is 14.3. The largest absolute Gasteiger partial charge is 0.445 e. The number of hydrogen-bond donors (Lipinski definition) is 2. The van der Waals surface area contributed by atoms with Crippen LogP contribution in [0.3, 0.4) is 0 Å². The molecule has 0 aromatic heterocycles. The third kappa shape index (κ3) is 9.01. The number of benzene rings is 2. The molecule has 2 aromatic carbocycles. The number of nitrogens with one attached hydrogen (secondary N) is 2. The van der Waals surface area contributed by atoms with E-state index >= 15 is 0 Å². The predicted octanol–water partition coefficient (Wildman–Crippen LogP) is 3.70. The molecule has 0 saturated carbocycles. The normalized spacial score (nSPS) is 12.2. The van der Waals surface area contributed by atoms with Crippen LogP contribution in [0.2, 0.25) is 0 Å². The lowest BCUT2D eigenvalue weighted by Gasteiger charge is -2.21. The Kier molecular flexibility index (Phi) is 11.2. The molecular weight excluding hydrogens is 476 g/mol. The average molecular weight is 509 g/mol. The molecule has 0 aliphatic heterocycles. The summed E-state index contributed by atoms with van der Waals surface area (Å²) in [4.78, 5) is 54.0. The molecule has 10 heteroatoms. The van der Waals surface area contributed by atoms with Gasteiger partial charge in [-0.3, -0.25) is 9.59 Å². The maximum Gasteiger partial charge on any atom is 0.408 e. The van der Waals surface area contributed by atoms with Crippen molar-refractivity contribution in [3.8, 4) is 0 Å². The molecule has 37 heavy (non-hydrogen) atoms. The Bertz CT molecular complexity index is 1040. The molecule has 2 aromatic rings. The quantitative estimate of drug-likeness (QED) is 0.193. The van der Waals surface area contributed by atoms with Gasteiger partial charge >= 0.3 is 17.9 Å². The van der Waals surface area contributed by atoms with Crippen LogP contribution in [-0.2, 0) is 32.3 Å². The van der Waals surface area contributed by atoms with E-state index in [1.165, 1.54) is 0 Å². The summed E-state index contributed by atoms with van der Waals surface area (Å²) in [5.41, 5.74) is 10.3. The van der Waals surface area contributed by atoms with Crippen LogP contribution in [-0.4, -0.2) is 46.3 Å². The van der Waals surface area contributed by atoms with Gasteiger partial charge in [-0.1, -0.05) is 88.4 Å². The lowest BCUT2D eigenvalue weighted by atomic mass is 9.90. The average Bonchev–Trinajstić information content (AvgIpc) is 2.89. The van der Waals surface area contributed by atoms with Crippen molar-refractivity contribution in [3.63, 3.8) is 0 Å². The molecule has 0 fully saturated rings. The highest BCUT2D eigenvalue weighted by Gasteiger charge is 2.42. The molecule has 2 atom stereocenters. The van der Waals surface area contributed by atoms with Crippen molar-refractivity contribution in [3.05, 3.63) is 77.3 Å². The van der Waals surface area contributed by atoms with Crippen LogP contribution in [0.5, 0.6) is 0 Å². The molecular formula is C27H32N4O6. The third-order valence-corrected chi connectivity index (χ3v) is 5.44. The molecule has 0 radical (unpaired) electrons. The summed E-state index contributed by atoms with van der Waals surface area (Å²) in [6, 6.07) is 15.5. The number of hydrogen-bond acceptors (Lipinski definition) is 6. The SMILES string of the molecule is CC(C)[C@@H](NC(=O)OCc1ccccc1)C(=O)C(=[N+]=[N-])C(=O)[C@H](NC(=O)OCc1ccccc1)C(C)C. The number of rotatable bonds is 12. The van der Waals surface area contributed by atoms with E-state index in [4.69, 9.17) is 9.47 Å². The number of carbonyl (C=O) groups is 4. The molecule has 10 nitrogen and oxygen atoms in total. The van der Waals surface area contributed by atoms with Crippen LogP contribution in [0.25, 0.3) is 5.53 Å². The van der Waals surface area contributed by atoms with Gasteiger partial charge in [-0.2, -0.15) is 4.79 Å². The van der Waals surface area contributed by atoms with Crippen LogP contribution in [0.4, 0.5) is 9.59 Å². The van der Waals surface area contributed by atoms with Gasteiger partial charge in [0.1, 0.15) is 25.3 Å². The van der Waals surface area contributed by atoms with E-state index in [0.717, 1.165) is 11.1 Å². The standard InChI is InChI=1S/C27H32N4O6/c1-17(2)21(29-26(34)36-15-19-11-7-5-8-12-19)24(32)23(31-28)25(33)22(18(3)4)30-27(35)37-16-20-13-9-6-10-14-20/h5-14,17-18,21-22H,15-16H2,1-4H3,(H,29,34)(H,30,35)/t21-,22-/m1/s1. The van der Waals surface area contributed by atoms with E-state index in [9.17, 15) is 24.7 Å². The summed E-state index contributed by atoms with van der Waals surface area (Å²) in [5, 5.41) is 4.87. The highest BCUT2D eigenvalue weighted by atomic mass is 16.6. The summed E-state index contributed by atoms with van der Waals surface area (Å²) < 4.78 is 10.3. The van der Waals surface area contributed by atoms with Gasteiger partial charge in [0, 0.05) is 0 Å². The number of carbonyl (C=O) groups excluding carboxylic acids is 4. The minimum absolute atomic E-state index is 0.0179. The van der Waals surface area contributed by atoms with E-state index in [-0.39, 0.29) is 13.2 Å².